The highest BCUT2D eigenvalue weighted by atomic mass is 15.0. The summed E-state index contributed by atoms with van der Waals surface area (Å²) in [6, 6.07) is 53.5. The average molecular weight is 590 g/mol. The Morgan fingerprint density at radius 3 is 1.07 bits per heavy atom. The number of benzene rings is 6. The molecule has 6 aromatic carbocycles. The fourth-order valence-corrected chi connectivity index (χ4v) is 5.53. The molecule has 0 amide bonds. The molecule has 0 saturated carbocycles. The highest BCUT2D eigenvalue weighted by molar-refractivity contribution is 5.80. The molecule has 216 valence electrons. The van der Waals surface area contributed by atoms with E-state index in [4.69, 9.17) is 19.9 Å². The number of hydrogen-bond acceptors (Lipinski definition) is 5. The third-order valence-corrected chi connectivity index (χ3v) is 8.03. The molecule has 2 heterocycles. The second-order valence-corrected chi connectivity index (χ2v) is 11.0. The van der Waals surface area contributed by atoms with Crippen LogP contribution in [0, 0.1) is 0 Å². The van der Waals surface area contributed by atoms with Crippen LogP contribution in [0.3, 0.4) is 0 Å². The van der Waals surface area contributed by atoms with E-state index in [1.807, 2.05) is 91.1 Å². The van der Waals surface area contributed by atoms with Gasteiger partial charge in [-0.1, -0.05) is 152 Å². The molecule has 0 radical (unpaired) electrons. The Hall–Kier alpha value is -6.33. The number of rotatable bonds is 6. The van der Waals surface area contributed by atoms with Gasteiger partial charge in [-0.2, -0.15) is 0 Å². The molecule has 8 rings (SSSR count). The van der Waals surface area contributed by atoms with Gasteiger partial charge in [-0.25, -0.2) is 24.9 Å². The third-order valence-electron chi connectivity index (χ3n) is 8.03. The van der Waals surface area contributed by atoms with Crippen molar-refractivity contribution in [3.05, 3.63) is 164 Å². The number of nitrogens with zero attached hydrogens (tertiary/aromatic N) is 5. The zero-order chi connectivity index (χ0) is 30.7. The Morgan fingerprint density at radius 2 is 0.609 bits per heavy atom. The quantitative estimate of drug-likeness (QED) is 0.193. The Kier molecular flexibility index (Phi) is 7.09. The van der Waals surface area contributed by atoms with E-state index in [2.05, 4.69) is 77.8 Å². The molecule has 0 spiro atoms. The first-order valence-electron chi connectivity index (χ1n) is 15.2. The van der Waals surface area contributed by atoms with E-state index in [9.17, 15) is 0 Å². The van der Waals surface area contributed by atoms with Crippen LogP contribution in [0.1, 0.15) is 0 Å². The van der Waals surface area contributed by atoms with Gasteiger partial charge in [0.1, 0.15) is 0 Å². The molecule has 5 heteroatoms. The molecule has 8 aromatic rings. The minimum absolute atomic E-state index is 0.602. The molecular formula is C41H27N5. The molecule has 0 saturated heterocycles. The number of fused-ring (bicyclic) bond motifs is 1. The predicted molar refractivity (Wildman–Crippen MR) is 186 cm³/mol. The summed E-state index contributed by atoms with van der Waals surface area (Å²) in [5, 5.41) is 1.02. The monoisotopic (exact) mass is 589 g/mol. The van der Waals surface area contributed by atoms with Gasteiger partial charge in [0.2, 0.25) is 0 Å². The zero-order valence-corrected chi connectivity index (χ0v) is 24.8. The van der Waals surface area contributed by atoms with E-state index in [-0.39, 0.29) is 0 Å². The van der Waals surface area contributed by atoms with Gasteiger partial charge in [-0.05, 0) is 28.3 Å². The van der Waals surface area contributed by atoms with E-state index in [0.29, 0.717) is 23.3 Å². The number of aromatic nitrogens is 5. The van der Waals surface area contributed by atoms with Crippen molar-refractivity contribution in [1.29, 1.82) is 0 Å². The van der Waals surface area contributed by atoms with Crippen LogP contribution in [0.4, 0.5) is 0 Å². The average Bonchev–Trinajstić information content (AvgIpc) is 3.15. The SMILES string of the molecule is c1ccc(-c2ccc(-c3nc(-c4ccc(-c5ccccc5)cc4)nc(-c4ccc(-c5ncc6ccccc6n5)cc4)n3)cc2)cc1. The summed E-state index contributed by atoms with van der Waals surface area (Å²) in [6.45, 7) is 0. The zero-order valence-electron chi connectivity index (χ0n) is 24.8. The molecule has 0 aliphatic carbocycles. The Labute approximate surface area is 267 Å². The van der Waals surface area contributed by atoms with Gasteiger partial charge in [-0.15, -0.1) is 0 Å². The van der Waals surface area contributed by atoms with Crippen LogP contribution in [0.15, 0.2) is 164 Å². The summed E-state index contributed by atoms with van der Waals surface area (Å²) in [6.07, 6.45) is 1.86. The first-order valence-corrected chi connectivity index (χ1v) is 15.2. The summed E-state index contributed by atoms with van der Waals surface area (Å²) < 4.78 is 0. The largest absolute Gasteiger partial charge is 0.236 e. The molecule has 0 atom stereocenters. The van der Waals surface area contributed by atoms with Crippen molar-refractivity contribution in [2.75, 3.05) is 0 Å². The lowest BCUT2D eigenvalue weighted by Crippen LogP contribution is -2.00. The Bertz CT molecular complexity index is 2160. The second-order valence-electron chi connectivity index (χ2n) is 11.0. The molecule has 0 aliphatic heterocycles. The molecule has 0 bridgehead atoms. The van der Waals surface area contributed by atoms with Crippen molar-refractivity contribution in [2.45, 2.75) is 0 Å². The summed E-state index contributed by atoms with van der Waals surface area (Å²) in [4.78, 5) is 24.2. The molecule has 0 unspecified atom stereocenters. The van der Waals surface area contributed by atoms with Crippen LogP contribution in [-0.2, 0) is 0 Å². The van der Waals surface area contributed by atoms with Crippen molar-refractivity contribution >= 4 is 10.9 Å². The number of hydrogen-bond donors (Lipinski definition) is 0. The maximum absolute atomic E-state index is 4.96. The number of para-hydroxylation sites is 1. The summed E-state index contributed by atoms with van der Waals surface area (Å²) in [5.41, 5.74) is 9.19. The van der Waals surface area contributed by atoms with E-state index in [0.717, 1.165) is 44.3 Å². The Balaban J connectivity index is 1.18. The molecule has 46 heavy (non-hydrogen) atoms. The van der Waals surface area contributed by atoms with Crippen LogP contribution in [-0.4, -0.2) is 24.9 Å². The van der Waals surface area contributed by atoms with Crippen LogP contribution in [0.2, 0.25) is 0 Å². The minimum atomic E-state index is 0.602. The lowest BCUT2D eigenvalue weighted by Gasteiger charge is -2.10. The molecule has 0 fully saturated rings. The Morgan fingerprint density at radius 1 is 0.261 bits per heavy atom. The standard InChI is InChI=1S/C41H27N5/c1-3-9-28(10-4-1)30-15-19-33(20-16-30)39-44-40(34-21-17-31(18-22-34)29-11-5-2-6-12-29)46-41(45-39)35-25-23-32(24-26-35)38-42-27-36-13-7-8-14-37(36)43-38/h1-27H. The lowest BCUT2D eigenvalue weighted by molar-refractivity contribution is 1.07. The molecular weight excluding hydrogens is 562 g/mol. The van der Waals surface area contributed by atoms with E-state index < -0.39 is 0 Å². The highest BCUT2D eigenvalue weighted by Gasteiger charge is 2.14. The summed E-state index contributed by atoms with van der Waals surface area (Å²) in [5.74, 6) is 2.52. The van der Waals surface area contributed by atoms with Crippen LogP contribution >= 0.6 is 0 Å². The maximum atomic E-state index is 4.96. The van der Waals surface area contributed by atoms with Gasteiger partial charge in [0.25, 0.3) is 0 Å². The minimum Gasteiger partial charge on any atom is -0.236 e. The van der Waals surface area contributed by atoms with Crippen molar-refractivity contribution in [3.8, 4) is 67.8 Å². The molecule has 2 aromatic heterocycles. The summed E-state index contributed by atoms with van der Waals surface area (Å²) in [7, 11) is 0. The fourth-order valence-electron chi connectivity index (χ4n) is 5.53. The molecule has 0 aliphatic rings. The van der Waals surface area contributed by atoms with Crippen LogP contribution < -0.4 is 0 Å². The second kappa shape index (κ2) is 12.0. The van der Waals surface area contributed by atoms with E-state index in [1.165, 1.54) is 11.1 Å². The van der Waals surface area contributed by atoms with Gasteiger partial charge in [0.15, 0.2) is 23.3 Å². The fraction of sp³-hybridized carbons (Fsp3) is 0. The highest BCUT2D eigenvalue weighted by Crippen LogP contribution is 2.29. The van der Waals surface area contributed by atoms with Gasteiger partial charge in [0, 0.05) is 33.8 Å². The predicted octanol–water partition coefficient (Wildman–Crippen LogP) is 9.82. The van der Waals surface area contributed by atoms with Crippen molar-refractivity contribution in [1.82, 2.24) is 24.9 Å². The van der Waals surface area contributed by atoms with Crippen LogP contribution in [0.5, 0.6) is 0 Å². The summed E-state index contributed by atoms with van der Waals surface area (Å²) >= 11 is 0. The van der Waals surface area contributed by atoms with Crippen molar-refractivity contribution in [2.24, 2.45) is 0 Å². The normalized spacial score (nSPS) is 11.0. The third kappa shape index (κ3) is 5.53. The first kappa shape index (κ1) is 27.2. The topological polar surface area (TPSA) is 64.5 Å². The van der Waals surface area contributed by atoms with Gasteiger partial charge < -0.3 is 0 Å². The van der Waals surface area contributed by atoms with Crippen molar-refractivity contribution in [3.63, 3.8) is 0 Å². The van der Waals surface area contributed by atoms with Gasteiger partial charge in [-0.3, -0.25) is 0 Å². The van der Waals surface area contributed by atoms with E-state index in [1.54, 1.807) is 0 Å². The van der Waals surface area contributed by atoms with Crippen molar-refractivity contribution < 1.29 is 0 Å². The smallest absolute Gasteiger partial charge is 0.164 e. The van der Waals surface area contributed by atoms with Crippen LogP contribution in [0.25, 0.3) is 78.7 Å². The molecule has 0 N–H and O–H groups in total. The lowest BCUT2D eigenvalue weighted by atomic mass is 10.0. The van der Waals surface area contributed by atoms with Gasteiger partial charge in [0.05, 0.1) is 5.52 Å². The van der Waals surface area contributed by atoms with E-state index >= 15 is 0 Å². The first-order chi connectivity index (χ1) is 22.8. The maximum Gasteiger partial charge on any atom is 0.164 e. The molecule has 5 nitrogen and oxygen atoms in total. The van der Waals surface area contributed by atoms with Gasteiger partial charge >= 0.3 is 0 Å².